The van der Waals surface area contributed by atoms with Crippen molar-refractivity contribution in [3.05, 3.63) is 41.9 Å². The molecular weight excluding hydrogens is 255 g/mol. The summed E-state index contributed by atoms with van der Waals surface area (Å²) in [5.41, 5.74) is 4.89. The van der Waals surface area contributed by atoms with Gasteiger partial charge in [0, 0.05) is 6.42 Å². The summed E-state index contributed by atoms with van der Waals surface area (Å²) in [7, 11) is 0. The summed E-state index contributed by atoms with van der Waals surface area (Å²) < 4.78 is 39.3. The van der Waals surface area contributed by atoms with E-state index in [2.05, 4.69) is 9.97 Å². The van der Waals surface area contributed by atoms with Crippen LogP contribution >= 0.6 is 0 Å². The van der Waals surface area contributed by atoms with E-state index in [9.17, 15) is 13.2 Å². The second kappa shape index (κ2) is 4.87. The highest BCUT2D eigenvalue weighted by Crippen LogP contribution is 2.38. The fourth-order valence-corrected chi connectivity index (χ4v) is 1.78. The van der Waals surface area contributed by atoms with Crippen LogP contribution in [0, 0.1) is 0 Å². The summed E-state index contributed by atoms with van der Waals surface area (Å²) >= 11 is 0. The van der Waals surface area contributed by atoms with Crippen molar-refractivity contribution in [3.63, 3.8) is 0 Å². The Labute approximate surface area is 108 Å². The van der Waals surface area contributed by atoms with Gasteiger partial charge in [0.15, 0.2) is 5.69 Å². The maximum atomic E-state index is 13.1. The molecule has 2 aromatic rings. The second-order valence-electron chi connectivity index (χ2n) is 3.97. The molecule has 0 amide bonds. The first-order valence-corrected chi connectivity index (χ1v) is 5.72. The maximum absolute atomic E-state index is 13.1. The molecule has 1 aromatic carbocycles. The number of nitrogens with zero attached hydrogens (tertiary/aromatic N) is 2. The molecule has 0 atom stereocenters. The van der Waals surface area contributed by atoms with Crippen molar-refractivity contribution >= 4 is 5.82 Å². The number of nitrogens with two attached hydrogens (primary N) is 1. The zero-order valence-corrected chi connectivity index (χ0v) is 10.2. The van der Waals surface area contributed by atoms with Crippen molar-refractivity contribution in [1.82, 2.24) is 9.97 Å². The standard InChI is InChI=1S/C13H12F3N3/c1-2-9-18-11(13(14,15)16)10(12(17)19-9)8-6-4-3-5-7-8/h3-7H,2H2,1H3,(H2,17,18,19). The number of hydrogen-bond donors (Lipinski definition) is 1. The Morgan fingerprint density at radius 1 is 1.11 bits per heavy atom. The first kappa shape index (κ1) is 13.3. The van der Waals surface area contributed by atoms with Crippen LogP contribution in [-0.2, 0) is 12.6 Å². The van der Waals surface area contributed by atoms with Gasteiger partial charge in [0.25, 0.3) is 0 Å². The molecule has 0 fully saturated rings. The zero-order valence-electron chi connectivity index (χ0n) is 10.2. The number of hydrogen-bond acceptors (Lipinski definition) is 3. The predicted octanol–water partition coefficient (Wildman–Crippen LogP) is 3.31. The first-order valence-electron chi connectivity index (χ1n) is 5.72. The Morgan fingerprint density at radius 2 is 1.74 bits per heavy atom. The minimum absolute atomic E-state index is 0.0875. The molecule has 1 heterocycles. The van der Waals surface area contributed by atoms with E-state index in [-0.39, 0.29) is 17.2 Å². The number of aromatic nitrogens is 2. The van der Waals surface area contributed by atoms with Gasteiger partial charge in [-0.1, -0.05) is 37.3 Å². The minimum Gasteiger partial charge on any atom is -0.383 e. The van der Waals surface area contributed by atoms with Gasteiger partial charge in [0.2, 0.25) is 0 Å². The molecule has 0 saturated heterocycles. The summed E-state index contributed by atoms with van der Waals surface area (Å²) in [5, 5.41) is 0. The van der Waals surface area contributed by atoms with Crippen LogP contribution in [0.15, 0.2) is 30.3 Å². The molecule has 0 aliphatic carbocycles. The molecule has 2 N–H and O–H groups in total. The molecule has 0 aliphatic heterocycles. The van der Waals surface area contributed by atoms with Gasteiger partial charge < -0.3 is 5.73 Å². The van der Waals surface area contributed by atoms with Gasteiger partial charge in [-0.25, -0.2) is 9.97 Å². The Balaban J connectivity index is 2.72. The molecule has 0 bridgehead atoms. The molecule has 0 saturated carbocycles. The fourth-order valence-electron chi connectivity index (χ4n) is 1.78. The van der Waals surface area contributed by atoms with E-state index in [0.29, 0.717) is 12.0 Å². The van der Waals surface area contributed by atoms with Crippen molar-refractivity contribution in [3.8, 4) is 11.1 Å². The summed E-state index contributed by atoms with van der Waals surface area (Å²) in [6.45, 7) is 1.68. The third-order valence-electron chi connectivity index (χ3n) is 2.63. The number of aryl methyl sites for hydroxylation is 1. The highest BCUT2D eigenvalue weighted by molar-refractivity contribution is 5.76. The van der Waals surface area contributed by atoms with Crippen LogP contribution in [-0.4, -0.2) is 9.97 Å². The van der Waals surface area contributed by atoms with Crippen molar-refractivity contribution in [2.24, 2.45) is 0 Å². The van der Waals surface area contributed by atoms with Gasteiger partial charge in [-0.15, -0.1) is 0 Å². The van der Waals surface area contributed by atoms with Crippen LogP contribution in [0.3, 0.4) is 0 Å². The summed E-state index contributed by atoms with van der Waals surface area (Å²) in [6.07, 6.45) is -4.27. The van der Waals surface area contributed by atoms with Crippen LogP contribution in [0.2, 0.25) is 0 Å². The molecule has 100 valence electrons. The number of benzene rings is 1. The van der Waals surface area contributed by atoms with Crippen LogP contribution in [0.5, 0.6) is 0 Å². The molecule has 0 radical (unpaired) electrons. The quantitative estimate of drug-likeness (QED) is 0.908. The van der Waals surface area contributed by atoms with E-state index in [1.54, 1.807) is 37.3 Å². The molecule has 19 heavy (non-hydrogen) atoms. The summed E-state index contributed by atoms with van der Waals surface area (Å²) in [5.74, 6) is -0.0603. The lowest BCUT2D eigenvalue weighted by molar-refractivity contribution is -0.140. The molecular formula is C13H12F3N3. The van der Waals surface area contributed by atoms with E-state index in [1.165, 1.54) is 0 Å². The predicted molar refractivity (Wildman–Crippen MR) is 66.3 cm³/mol. The molecule has 3 nitrogen and oxygen atoms in total. The van der Waals surface area contributed by atoms with Crippen molar-refractivity contribution in [2.45, 2.75) is 19.5 Å². The molecule has 0 unspecified atom stereocenters. The van der Waals surface area contributed by atoms with E-state index in [4.69, 9.17) is 5.73 Å². The molecule has 6 heteroatoms. The van der Waals surface area contributed by atoms with E-state index in [0.717, 1.165) is 0 Å². The second-order valence-corrected chi connectivity index (χ2v) is 3.97. The Hall–Kier alpha value is -2.11. The number of nitrogen functional groups attached to an aromatic ring is 1. The SMILES string of the molecule is CCc1nc(N)c(-c2ccccc2)c(C(F)(F)F)n1. The van der Waals surface area contributed by atoms with Gasteiger partial charge in [-0.2, -0.15) is 13.2 Å². The third kappa shape index (κ3) is 2.67. The van der Waals surface area contributed by atoms with E-state index >= 15 is 0 Å². The van der Waals surface area contributed by atoms with Gasteiger partial charge in [-0.3, -0.25) is 0 Å². The van der Waals surface area contributed by atoms with Gasteiger partial charge in [0.05, 0.1) is 5.56 Å². The van der Waals surface area contributed by atoms with E-state index < -0.39 is 11.9 Å². The highest BCUT2D eigenvalue weighted by atomic mass is 19.4. The average molecular weight is 267 g/mol. The highest BCUT2D eigenvalue weighted by Gasteiger charge is 2.37. The first-order chi connectivity index (χ1) is 8.93. The van der Waals surface area contributed by atoms with Crippen LogP contribution < -0.4 is 5.73 Å². The molecule has 2 rings (SSSR count). The lowest BCUT2D eigenvalue weighted by atomic mass is 10.0. The summed E-state index contributed by atoms with van der Waals surface area (Å²) in [4.78, 5) is 7.49. The molecule has 0 aliphatic rings. The number of anilines is 1. The normalized spacial score (nSPS) is 11.6. The largest absolute Gasteiger partial charge is 0.434 e. The van der Waals surface area contributed by atoms with E-state index in [1.807, 2.05) is 0 Å². The van der Waals surface area contributed by atoms with Gasteiger partial charge in [-0.05, 0) is 5.56 Å². The third-order valence-corrected chi connectivity index (χ3v) is 2.63. The van der Waals surface area contributed by atoms with Crippen molar-refractivity contribution in [1.29, 1.82) is 0 Å². The van der Waals surface area contributed by atoms with Crippen molar-refractivity contribution < 1.29 is 13.2 Å². The van der Waals surface area contributed by atoms with Gasteiger partial charge >= 0.3 is 6.18 Å². The smallest absolute Gasteiger partial charge is 0.383 e. The number of rotatable bonds is 2. The topological polar surface area (TPSA) is 51.8 Å². The van der Waals surface area contributed by atoms with Crippen molar-refractivity contribution in [2.75, 3.05) is 5.73 Å². The number of halogens is 3. The Morgan fingerprint density at radius 3 is 2.26 bits per heavy atom. The van der Waals surface area contributed by atoms with Crippen LogP contribution in [0.4, 0.5) is 19.0 Å². The number of alkyl halides is 3. The zero-order chi connectivity index (χ0) is 14.0. The Bertz CT molecular complexity index is 580. The monoisotopic (exact) mass is 267 g/mol. The lowest BCUT2D eigenvalue weighted by Gasteiger charge is -2.14. The van der Waals surface area contributed by atoms with Crippen LogP contribution in [0.1, 0.15) is 18.4 Å². The lowest BCUT2D eigenvalue weighted by Crippen LogP contribution is -2.15. The molecule has 0 spiro atoms. The minimum atomic E-state index is -4.56. The van der Waals surface area contributed by atoms with Crippen LogP contribution in [0.25, 0.3) is 11.1 Å². The molecule has 1 aromatic heterocycles. The summed E-state index contributed by atoms with van der Waals surface area (Å²) in [6, 6.07) is 8.10. The Kier molecular flexibility index (Phi) is 3.42. The van der Waals surface area contributed by atoms with Gasteiger partial charge in [0.1, 0.15) is 11.6 Å². The maximum Gasteiger partial charge on any atom is 0.434 e. The average Bonchev–Trinajstić information content (AvgIpc) is 2.37. The fraction of sp³-hybridized carbons (Fsp3) is 0.231.